The van der Waals surface area contributed by atoms with E-state index in [2.05, 4.69) is 10.3 Å². The second-order valence-electron chi connectivity index (χ2n) is 5.00. The van der Waals surface area contributed by atoms with Gasteiger partial charge in [-0.05, 0) is 19.9 Å². The highest BCUT2D eigenvalue weighted by Crippen LogP contribution is 2.23. The van der Waals surface area contributed by atoms with E-state index < -0.39 is 0 Å². The monoisotopic (exact) mass is 294 g/mol. The molecule has 1 unspecified atom stereocenters. The third kappa shape index (κ3) is 3.66. The Hall–Kier alpha value is -1.69. The standard InChI is InChI=1S/C14H22N4OS/c1-8(14(19)16-4)7-18(5)11-6-9(2)17-10(3)12(11)13(15)20/h6,8H,7H2,1-5H3,(H2,15,20)(H,16,19). The van der Waals surface area contributed by atoms with Gasteiger partial charge < -0.3 is 16.0 Å². The molecule has 0 aliphatic rings. The van der Waals surface area contributed by atoms with Crippen LogP contribution in [-0.2, 0) is 4.79 Å². The molecule has 0 bridgehead atoms. The zero-order chi connectivity index (χ0) is 15.4. The number of aryl methyl sites for hydroxylation is 2. The summed E-state index contributed by atoms with van der Waals surface area (Å²) in [6.45, 7) is 6.28. The minimum absolute atomic E-state index is 0.0104. The molecule has 110 valence electrons. The van der Waals surface area contributed by atoms with Crippen LogP contribution in [0.15, 0.2) is 6.07 Å². The SMILES string of the molecule is CNC(=O)C(C)CN(C)c1cc(C)nc(C)c1C(N)=S. The molecule has 20 heavy (non-hydrogen) atoms. The molecule has 1 heterocycles. The van der Waals surface area contributed by atoms with Crippen LogP contribution in [0, 0.1) is 19.8 Å². The lowest BCUT2D eigenvalue weighted by molar-refractivity contribution is -0.123. The number of pyridine rings is 1. The van der Waals surface area contributed by atoms with E-state index in [4.69, 9.17) is 18.0 Å². The van der Waals surface area contributed by atoms with E-state index in [0.717, 1.165) is 22.6 Å². The summed E-state index contributed by atoms with van der Waals surface area (Å²) >= 11 is 5.12. The average Bonchev–Trinajstić information content (AvgIpc) is 2.35. The van der Waals surface area contributed by atoms with E-state index in [1.54, 1.807) is 7.05 Å². The number of hydrogen-bond donors (Lipinski definition) is 2. The number of nitrogens with zero attached hydrogens (tertiary/aromatic N) is 2. The summed E-state index contributed by atoms with van der Waals surface area (Å²) in [5.41, 5.74) is 9.21. The van der Waals surface area contributed by atoms with Gasteiger partial charge in [0.25, 0.3) is 0 Å². The van der Waals surface area contributed by atoms with Crippen LogP contribution in [0.4, 0.5) is 5.69 Å². The molecule has 0 aromatic carbocycles. The van der Waals surface area contributed by atoms with E-state index in [9.17, 15) is 4.79 Å². The van der Waals surface area contributed by atoms with Gasteiger partial charge in [-0.3, -0.25) is 9.78 Å². The molecule has 1 amide bonds. The normalized spacial score (nSPS) is 11.8. The predicted molar refractivity (Wildman–Crippen MR) is 86.1 cm³/mol. The Morgan fingerprint density at radius 3 is 2.65 bits per heavy atom. The van der Waals surface area contributed by atoms with Gasteiger partial charge in [-0.25, -0.2) is 0 Å². The van der Waals surface area contributed by atoms with Gasteiger partial charge in [0, 0.05) is 32.0 Å². The number of amides is 1. The highest BCUT2D eigenvalue weighted by molar-refractivity contribution is 7.80. The number of anilines is 1. The fourth-order valence-electron chi connectivity index (χ4n) is 2.25. The summed E-state index contributed by atoms with van der Waals surface area (Å²) in [5.74, 6) is -0.116. The Labute approximate surface area is 125 Å². The van der Waals surface area contributed by atoms with Crippen molar-refractivity contribution >= 4 is 28.8 Å². The second-order valence-corrected chi connectivity index (χ2v) is 5.44. The molecular weight excluding hydrogens is 272 g/mol. The Kier molecular flexibility index (Phi) is 5.44. The number of nitrogens with one attached hydrogen (secondary N) is 1. The number of nitrogens with two attached hydrogens (primary N) is 1. The molecule has 0 radical (unpaired) electrons. The van der Waals surface area contributed by atoms with Crippen LogP contribution in [0.5, 0.6) is 0 Å². The van der Waals surface area contributed by atoms with Crippen LogP contribution >= 0.6 is 12.2 Å². The van der Waals surface area contributed by atoms with Crippen LogP contribution in [-0.4, -0.2) is 36.5 Å². The fraction of sp³-hybridized carbons (Fsp3) is 0.500. The average molecular weight is 294 g/mol. The lowest BCUT2D eigenvalue weighted by atomic mass is 10.1. The van der Waals surface area contributed by atoms with Crippen LogP contribution in [0.2, 0.25) is 0 Å². The van der Waals surface area contributed by atoms with E-state index in [0.29, 0.717) is 11.5 Å². The molecule has 1 atom stereocenters. The van der Waals surface area contributed by atoms with Gasteiger partial charge in [-0.1, -0.05) is 19.1 Å². The van der Waals surface area contributed by atoms with E-state index in [1.807, 2.05) is 38.8 Å². The van der Waals surface area contributed by atoms with Crippen LogP contribution in [0.1, 0.15) is 23.9 Å². The van der Waals surface area contributed by atoms with Gasteiger partial charge >= 0.3 is 0 Å². The van der Waals surface area contributed by atoms with Gasteiger partial charge in [0.15, 0.2) is 0 Å². The zero-order valence-corrected chi connectivity index (χ0v) is 13.5. The van der Waals surface area contributed by atoms with Crippen molar-refractivity contribution in [2.24, 2.45) is 11.7 Å². The van der Waals surface area contributed by atoms with Crippen molar-refractivity contribution in [2.75, 3.05) is 25.5 Å². The Morgan fingerprint density at radius 1 is 1.55 bits per heavy atom. The molecule has 5 nitrogen and oxygen atoms in total. The quantitative estimate of drug-likeness (QED) is 0.797. The maximum atomic E-state index is 11.6. The largest absolute Gasteiger partial charge is 0.389 e. The van der Waals surface area contributed by atoms with Gasteiger partial charge in [-0.2, -0.15) is 0 Å². The molecule has 1 rings (SSSR count). The molecule has 6 heteroatoms. The second kappa shape index (κ2) is 6.65. The summed E-state index contributed by atoms with van der Waals surface area (Å²) < 4.78 is 0. The molecule has 0 saturated heterocycles. The Balaban J connectivity index is 3.12. The molecule has 1 aromatic heterocycles. The summed E-state index contributed by atoms with van der Waals surface area (Å²) in [7, 11) is 3.56. The number of hydrogen-bond acceptors (Lipinski definition) is 4. The van der Waals surface area contributed by atoms with Crippen molar-refractivity contribution in [3.05, 3.63) is 23.0 Å². The number of aromatic nitrogens is 1. The van der Waals surface area contributed by atoms with Gasteiger partial charge in [0.1, 0.15) is 4.99 Å². The van der Waals surface area contributed by atoms with Crippen LogP contribution in [0.3, 0.4) is 0 Å². The summed E-state index contributed by atoms with van der Waals surface area (Å²) in [4.78, 5) is 18.3. The summed E-state index contributed by atoms with van der Waals surface area (Å²) in [5, 5.41) is 2.65. The highest BCUT2D eigenvalue weighted by Gasteiger charge is 2.18. The first-order chi connectivity index (χ1) is 9.27. The van der Waals surface area contributed by atoms with Crippen LogP contribution < -0.4 is 16.0 Å². The lowest BCUT2D eigenvalue weighted by Gasteiger charge is -2.26. The number of carbonyl (C=O) groups excluding carboxylic acids is 1. The molecule has 0 fully saturated rings. The third-order valence-corrected chi connectivity index (χ3v) is 3.41. The number of rotatable bonds is 5. The smallest absolute Gasteiger partial charge is 0.224 e. The minimum Gasteiger partial charge on any atom is -0.389 e. The van der Waals surface area contributed by atoms with Gasteiger partial charge in [0.2, 0.25) is 5.91 Å². The molecule has 3 N–H and O–H groups in total. The van der Waals surface area contributed by atoms with Crippen molar-refractivity contribution in [1.29, 1.82) is 0 Å². The van der Waals surface area contributed by atoms with Gasteiger partial charge in [-0.15, -0.1) is 0 Å². The molecule has 1 aromatic rings. The van der Waals surface area contributed by atoms with E-state index in [1.165, 1.54) is 0 Å². The van der Waals surface area contributed by atoms with Crippen molar-refractivity contribution in [3.8, 4) is 0 Å². The topological polar surface area (TPSA) is 71.2 Å². The van der Waals surface area contributed by atoms with Crippen molar-refractivity contribution in [3.63, 3.8) is 0 Å². The summed E-state index contributed by atoms with van der Waals surface area (Å²) in [6.07, 6.45) is 0. The van der Waals surface area contributed by atoms with Gasteiger partial charge in [0.05, 0.1) is 17.2 Å². The third-order valence-electron chi connectivity index (χ3n) is 3.21. The van der Waals surface area contributed by atoms with Crippen molar-refractivity contribution in [1.82, 2.24) is 10.3 Å². The van der Waals surface area contributed by atoms with Crippen molar-refractivity contribution in [2.45, 2.75) is 20.8 Å². The molecule has 0 aliphatic heterocycles. The number of thiocarbonyl (C=S) groups is 1. The first kappa shape index (κ1) is 16.4. The van der Waals surface area contributed by atoms with Crippen molar-refractivity contribution < 1.29 is 4.79 Å². The maximum absolute atomic E-state index is 11.6. The summed E-state index contributed by atoms with van der Waals surface area (Å²) in [6, 6.07) is 1.94. The molecule has 0 aliphatic carbocycles. The minimum atomic E-state index is -0.127. The van der Waals surface area contributed by atoms with E-state index in [-0.39, 0.29) is 11.8 Å². The fourth-order valence-corrected chi connectivity index (χ4v) is 2.50. The first-order valence-corrected chi connectivity index (χ1v) is 6.89. The Morgan fingerprint density at radius 2 is 2.15 bits per heavy atom. The molecular formula is C14H22N4OS. The Bertz CT molecular complexity index is 530. The zero-order valence-electron chi connectivity index (χ0n) is 12.7. The predicted octanol–water partition coefficient (Wildman–Crippen LogP) is 1.15. The maximum Gasteiger partial charge on any atom is 0.224 e. The molecule has 0 saturated carbocycles. The molecule has 0 spiro atoms. The van der Waals surface area contributed by atoms with Crippen LogP contribution in [0.25, 0.3) is 0 Å². The number of carbonyl (C=O) groups is 1. The van der Waals surface area contributed by atoms with E-state index >= 15 is 0 Å². The first-order valence-electron chi connectivity index (χ1n) is 6.48. The lowest BCUT2D eigenvalue weighted by Crippen LogP contribution is -2.35. The highest BCUT2D eigenvalue weighted by atomic mass is 32.1.